The second-order valence-corrected chi connectivity index (χ2v) is 2.08. The molecule has 1 saturated heterocycles. The van der Waals surface area contributed by atoms with Crippen molar-refractivity contribution in [2.75, 3.05) is 6.54 Å². The summed E-state index contributed by atoms with van der Waals surface area (Å²) in [6.07, 6.45) is 1.75. The van der Waals surface area contributed by atoms with Crippen LogP contribution in [0.2, 0.25) is 0 Å². The summed E-state index contributed by atoms with van der Waals surface area (Å²) < 4.78 is 0. The first-order valence-corrected chi connectivity index (χ1v) is 2.68. The van der Waals surface area contributed by atoms with Gasteiger partial charge in [0, 0.05) is 6.54 Å². The maximum Gasteiger partial charge on any atom is 0.137 e. The smallest absolute Gasteiger partial charge is 0.137 e. The van der Waals surface area contributed by atoms with Crippen molar-refractivity contribution in [3.8, 4) is 0 Å². The minimum absolute atomic E-state index is 0. The van der Waals surface area contributed by atoms with Crippen LogP contribution in [0.15, 0.2) is 12.2 Å². The van der Waals surface area contributed by atoms with E-state index in [0.29, 0.717) is 0 Å². The first-order chi connectivity index (χ1) is 3.83. The summed E-state index contributed by atoms with van der Waals surface area (Å²) in [5, 5.41) is 2.99. The highest BCUT2D eigenvalue weighted by Crippen LogP contribution is 2.07. The zero-order valence-corrected chi connectivity index (χ0v) is 4.68. The Bertz CT molecular complexity index is 120. The van der Waals surface area contributed by atoms with Crippen LogP contribution in [0.5, 0.6) is 0 Å². The van der Waals surface area contributed by atoms with E-state index in [1.165, 1.54) is 0 Å². The Morgan fingerprint density at radius 2 is 2.44 bits per heavy atom. The molecule has 0 aromatic rings. The second-order valence-electron chi connectivity index (χ2n) is 2.08. The minimum atomic E-state index is 0. The lowest BCUT2D eigenvalue weighted by Gasteiger charge is -1.93. The summed E-state index contributed by atoms with van der Waals surface area (Å²) in [4.78, 5) is 10.0. The van der Waals surface area contributed by atoms with Gasteiger partial charge >= 0.3 is 0 Å². The Balaban J connectivity index is 0.000000640. The van der Waals surface area contributed by atoms with E-state index in [9.17, 15) is 4.79 Å². The van der Waals surface area contributed by atoms with Gasteiger partial charge in [-0.1, -0.05) is 19.6 Å². The molecule has 1 rings (SSSR count). The summed E-state index contributed by atoms with van der Waals surface area (Å²) in [6, 6.07) is 0.0440. The predicted molar refractivity (Wildman–Crippen MR) is 38.3 cm³/mol. The second kappa shape index (κ2) is 3.41. The van der Waals surface area contributed by atoms with Crippen LogP contribution in [0.3, 0.4) is 0 Å². The summed E-state index contributed by atoms with van der Waals surface area (Å²) >= 11 is 0. The van der Waals surface area contributed by atoms with Crippen molar-refractivity contribution >= 4 is 6.29 Å². The topological polar surface area (TPSA) is 29.1 Å². The fraction of sp³-hybridized carbons (Fsp3) is 0.571. The van der Waals surface area contributed by atoms with Gasteiger partial charge in [0.2, 0.25) is 0 Å². The standard InChI is InChI=1S/C6H9NO.CH4/c1-5-2-6(4-8)7-3-5;/h4,6-7H,1-3H2;1H4. The van der Waals surface area contributed by atoms with Gasteiger partial charge < -0.3 is 10.1 Å². The molecule has 1 fully saturated rings. The van der Waals surface area contributed by atoms with Crippen LogP contribution in [0.25, 0.3) is 0 Å². The van der Waals surface area contributed by atoms with E-state index in [1.807, 2.05) is 0 Å². The fourth-order valence-corrected chi connectivity index (χ4v) is 0.827. The van der Waals surface area contributed by atoms with E-state index in [-0.39, 0.29) is 13.5 Å². The molecule has 0 bridgehead atoms. The van der Waals surface area contributed by atoms with Gasteiger partial charge in [-0.2, -0.15) is 0 Å². The lowest BCUT2D eigenvalue weighted by Crippen LogP contribution is -2.21. The molecule has 0 aromatic heterocycles. The van der Waals surface area contributed by atoms with E-state index in [1.54, 1.807) is 0 Å². The Labute approximate surface area is 56.0 Å². The monoisotopic (exact) mass is 127 g/mol. The molecular formula is C7H13NO. The quantitative estimate of drug-likeness (QED) is 0.416. The van der Waals surface area contributed by atoms with Crippen LogP contribution in [0, 0.1) is 0 Å². The molecule has 52 valence electrons. The molecule has 1 aliphatic rings. The van der Waals surface area contributed by atoms with Crippen LogP contribution in [0.1, 0.15) is 13.8 Å². The van der Waals surface area contributed by atoms with Crippen molar-refractivity contribution in [2.24, 2.45) is 0 Å². The first-order valence-electron chi connectivity index (χ1n) is 2.68. The molecule has 1 N–H and O–H groups in total. The lowest BCUT2D eigenvalue weighted by atomic mass is 10.2. The first kappa shape index (κ1) is 8.37. The predicted octanol–water partition coefficient (Wildman–Crippen LogP) is 0.740. The van der Waals surface area contributed by atoms with Gasteiger partial charge in [-0.3, -0.25) is 0 Å². The zero-order chi connectivity index (χ0) is 5.98. The van der Waals surface area contributed by atoms with Gasteiger partial charge in [0.05, 0.1) is 6.04 Å². The van der Waals surface area contributed by atoms with Crippen LogP contribution >= 0.6 is 0 Å². The Morgan fingerprint density at radius 3 is 2.67 bits per heavy atom. The van der Waals surface area contributed by atoms with Gasteiger partial charge in [0.15, 0.2) is 0 Å². The fourth-order valence-electron chi connectivity index (χ4n) is 0.827. The summed E-state index contributed by atoms with van der Waals surface area (Å²) in [5.41, 5.74) is 1.13. The van der Waals surface area contributed by atoms with Gasteiger partial charge in [-0.05, 0) is 6.42 Å². The molecule has 2 heteroatoms. The Hall–Kier alpha value is -0.630. The largest absolute Gasteiger partial charge is 0.304 e. The third-order valence-corrected chi connectivity index (χ3v) is 1.29. The average Bonchev–Trinajstić information content (AvgIpc) is 2.14. The average molecular weight is 127 g/mol. The van der Waals surface area contributed by atoms with Gasteiger partial charge in [-0.25, -0.2) is 0 Å². The van der Waals surface area contributed by atoms with Crippen LogP contribution < -0.4 is 5.32 Å². The minimum Gasteiger partial charge on any atom is -0.304 e. The molecule has 1 unspecified atom stereocenters. The van der Waals surface area contributed by atoms with Crippen molar-refractivity contribution in [3.63, 3.8) is 0 Å². The molecule has 1 aliphatic heterocycles. The summed E-state index contributed by atoms with van der Waals surface area (Å²) in [7, 11) is 0. The van der Waals surface area contributed by atoms with Crippen molar-refractivity contribution in [1.29, 1.82) is 0 Å². The van der Waals surface area contributed by atoms with Crippen molar-refractivity contribution in [3.05, 3.63) is 12.2 Å². The van der Waals surface area contributed by atoms with Crippen molar-refractivity contribution in [2.45, 2.75) is 19.9 Å². The lowest BCUT2D eigenvalue weighted by molar-refractivity contribution is -0.109. The third kappa shape index (κ3) is 1.98. The zero-order valence-electron chi connectivity index (χ0n) is 4.68. The number of hydrogen-bond acceptors (Lipinski definition) is 2. The maximum atomic E-state index is 10.0. The molecule has 1 heterocycles. The van der Waals surface area contributed by atoms with Gasteiger partial charge in [0.1, 0.15) is 6.29 Å². The van der Waals surface area contributed by atoms with E-state index >= 15 is 0 Å². The molecule has 0 saturated carbocycles. The Morgan fingerprint density at radius 1 is 1.78 bits per heavy atom. The van der Waals surface area contributed by atoms with E-state index in [2.05, 4.69) is 11.9 Å². The summed E-state index contributed by atoms with van der Waals surface area (Å²) in [6.45, 7) is 4.54. The molecule has 2 nitrogen and oxygen atoms in total. The SMILES string of the molecule is C.C=C1CNC(C=O)C1. The summed E-state index contributed by atoms with van der Waals surface area (Å²) in [5.74, 6) is 0. The number of rotatable bonds is 1. The molecular weight excluding hydrogens is 114 g/mol. The third-order valence-electron chi connectivity index (χ3n) is 1.29. The van der Waals surface area contributed by atoms with E-state index in [0.717, 1.165) is 24.8 Å². The highest BCUT2D eigenvalue weighted by atomic mass is 16.1. The van der Waals surface area contributed by atoms with Gasteiger partial charge in [0.25, 0.3) is 0 Å². The highest BCUT2D eigenvalue weighted by Gasteiger charge is 2.14. The van der Waals surface area contributed by atoms with Crippen LogP contribution in [-0.4, -0.2) is 18.9 Å². The Kier molecular flexibility index (Phi) is 3.17. The van der Waals surface area contributed by atoms with Gasteiger partial charge in [-0.15, -0.1) is 0 Å². The van der Waals surface area contributed by atoms with Crippen molar-refractivity contribution < 1.29 is 4.79 Å². The van der Waals surface area contributed by atoms with E-state index < -0.39 is 0 Å². The number of hydrogen-bond donors (Lipinski definition) is 1. The molecule has 0 aromatic carbocycles. The van der Waals surface area contributed by atoms with E-state index in [4.69, 9.17) is 0 Å². The van der Waals surface area contributed by atoms with Crippen LogP contribution in [-0.2, 0) is 4.79 Å². The number of nitrogens with one attached hydrogen (secondary N) is 1. The highest BCUT2D eigenvalue weighted by molar-refractivity contribution is 5.59. The molecule has 0 amide bonds. The number of aldehydes is 1. The number of carbonyl (C=O) groups is 1. The van der Waals surface area contributed by atoms with Crippen molar-refractivity contribution in [1.82, 2.24) is 5.32 Å². The molecule has 9 heavy (non-hydrogen) atoms. The van der Waals surface area contributed by atoms with Crippen LogP contribution in [0.4, 0.5) is 0 Å². The number of carbonyl (C=O) groups excluding carboxylic acids is 1. The molecule has 0 radical (unpaired) electrons. The molecule has 1 atom stereocenters. The normalized spacial score (nSPS) is 25.3. The molecule has 0 spiro atoms. The molecule has 0 aliphatic carbocycles. The maximum absolute atomic E-state index is 10.0.